The maximum absolute atomic E-state index is 13.1. The molecule has 31 heavy (non-hydrogen) atoms. The Morgan fingerprint density at radius 3 is 2.71 bits per heavy atom. The number of carbonyl (C=O) groups excluding carboxylic acids is 2. The maximum atomic E-state index is 13.1. The Hall–Kier alpha value is -3.48. The van der Waals surface area contributed by atoms with Crippen LogP contribution < -0.4 is 5.32 Å². The minimum absolute atomic E-state index is 0.0372. The van der Waals surface area contributed by atoms with E-state index >= 15 is 0 Å². The molecule has 1 saturated heterocycles. The summed E-state index contributed by atoms with van der Waals surface area (Å²) < 4.78 is 1.66. The van der Waals surface area contributed by atoms with Crippen LogP contribution in [0.1, 0.15) is 50.4 Å². The van der Waals surface area contributed by atoms with Crippen LogP contribution in [0.4, 0.5) is 0 Å². The van der Waals surface area contributed by atoms with E-state index in [-0.39, 0.29) is 23.6 Å². The number of nitrogens with zero attached hydrogens (tertiary/aromatic N) is 4. The van der Waals surface area contributed by atoms with Gasteiger partial charge in [-0.1, -0.05) is 53.2 Å². The quantitative estimate of drug-likeness (QED) is 0.668. The molecule has 0 spiro atoms. The van der Waals surface area contributed by atoms with Crippen molar-refractivity contribution in [1.29, 1.82) is 0 Å². The Morgan fingerprint density at radius 2 is 1.94 bits per heavy atom. The highest BCUT2D eigenvalue weighted by Crippen LogP contribution is 2.23. The summed E-state index contributed by atoms with van der Waals surface area (Å²) >= 11 is 0. The fraction of sp³-hybridized carbons (Fsp3) is 0.333. The molecule has 0 bridgehead atoms. The second-order valence-corrected chi connectivity index (χ2v) is 8.11. The summed E-state index contributed by atoms with van der Waals surface area (Å²) in [6.07, 6.45) is 3.52. The van der Waals surface area contributed by atoms with Gasteiger partial charge in [0.15, 0.2) is 5.69 Å². The molecule has 7 nitrogen and oxygen atoms in total. The minimum atomic E-state index is -0.260. The maximum Gasteiger partial charge on any atom is 0.273 e. The van der Waals surface area contributed by atoms with E-state index in [0.29, 0.717) is 13.1 Å². The van der Waals surface area contributed by atoms with Gasteiger partial charge in [0.1, 0.15) is 0 Å². The van der Waals surface area contributed by atoms with Crippen LogP contribution in [0, 0.1) is 13.8 Å². The van der Waals surface area contributed by atoms with Gasteiger partial charge >= 0.3 is 0 Å². The smallest absolute Gasteiger partial charge is 0.273 e. The van der Waals surface area contributed by atoms with Gasteiger partial charge in [0.25, 0.3) is 11.8 Å². The van der Waals surface area contributed by atoms with E-state index in [1.54, 1.807) is 10.9 Å². The first-order chi connectivity index (χ1) is 15.0. The fourth-order valence-corrected chi connectivity index (χ4v) is 4.08. The minimum Gasteiger partial charge on any atom is -0.347 e. The van der Waals surface area contributed by atoms with Crippen LogP contribution in [0.5, 0.6) is 0 Å². The summed E-state index contributed by atoms with van der Waals surface area (Å²) in [5, 5.41) is 11.0. The van der Waals surface area contributed by atoms with Crippen LogP contribution >= 0.6 is 0 Å². The second kappa shape index (κ2) is 9.12. The number of hydrogen-bond donors (Lipinski definition) is 1. The summed E-state index contributed by atoms with van der Waals surface area (Å²) in [7, 11) is 0. The summed E-state index contributed by atoms with van der Waals surface area (Å²) in [6.45, 7) is 5.69. The lowest BCUT2D eigenvalue weighted by Gasteiger charge is -2.25. The number of amides is 2. The lowest BCUT2D eigenvalue weighted by Crippen LogP contribution is -2.38. The molecule has 2 amide bonds. The van der Waals surface area contributed by atoms with Crippen LogP contribution in [0.2, 0.25) is 0 Å². The molecule has 1 unspecified atom stereocenters. The fourth-order valence-electron chi connectivity index (χ4n) is 4.08. The SMILES string of the molecule is Cc1ccc(C(=O)N2CCCC2Cn2cc(C(=O)NCc3ccccc3)nn2)c(C)c1. The molecule has 1 aromatic heterocycles. The molecule has 0 aliphatic carbocycles. The van der Waals surface area contributed by atoms with Crippen LogP contribution in [-0.2, 0) is 13.1 Å². The first-order valence-corrected chi connectivity index (χ1v) is 10.6. The van der Waals surface area contributed by atoms with E-state index in [4.69, 9.17) is 0 Å². The van der Waals surface area contributed by atoms with Crippen molar-refractivity contribution >= 4 is 11.8 Å². The second-order valence-electron chi connectivity index (χ2n) is 8.11. The molecule has 7 heteroatoms. The third-order valence-corrected chi connectivity index (χ3v) is 5.72. The van der Waals surface area contributed by atoms with Crippen molar-refractivity contribution in [2.45, 2.75) is 45.8 Å². The van der Waals surface area contributed by atoms with E-state index in [0.717, 1.165) is 41.6 Å². The Labute approximate surface area is 182 Å². The number of carbonyl (C=O) groups is 2. The molecule has 2 heterocycles. The van der Waals surface area contributed by atoms with Crippen LogP contribution in [0.25, 0.3) is 0 Å². The highest BCUT2D eigenvalue weighted by atomic mass is 16.2. The summed E-state index contributed by atoms with van der Waals surface area (Å²) in [6, 6.07) is 15.7. The lowest BCUT2D eigenvalue weighted by atomic mass is 10.0. The molecular weight excluding hydrogens is 390 g/mol. The van der Waals surface area contributed by atoms with Crippen molar-refractivity contribution in [3.63, 3.8) is 0 Å². The molecular formula is C24H27N5O2. The Morgan fingerprint density at radius 1 is 1.13 bits per heavy atom. The number of likely N-dealkylation sites (tertiary alicyclic amines) is 1. The highest BCUT2D eigenvalue weighted by molar-refractivity contribution is 5.96. The topological polar surface area (TPSA) is 80.1 Å². The van der Waals surface area contributed by atoms with Crippen LogP contribution in [0.15, 0.2) is 54.7 Å². The molecule has 2 aromatic carbocycles. The average molecular weight is 418 g/mol. The zero-order valence-electron chi connectivity index (χ0n) is 17.9. The molecule has 1 aliphatic rings. The molecule has 160 valence electrons. The van der Waals surface area contributed by atoms with Crippen molar-refractivity contribution < 1.29 is 9.59 Å². The van der Waals surface area contributed by atoms with Gasteiger partial charge in [-0.3, -0.25) is 9.59 Å². The van der Waals surface area contributed by atoms with Gasteiger partial charge in [0, 0.05) is 18.7 Å². The number of benzene rings is 2. The third-order valence-electron chi connectivity index (χ3n) is 5.72. The number of aromatic nitrogens is 3. The van der Waals surface area contributed by atoms with Crippen molar-refractivity contribution in [3.05, 3.63) is 82.7 Å². The van der Waals surface area contributed by atoms with Gasteiger partial charge in [0.05, 0.1) is 18.8 Å². The van der Waals surface area contributed by atoms with Crippen molar-refractivity contribution in [3.8, 4) is 0 Å². The predicted octanol–water partition coefficient (Wildman–Crippen LogP) is 3.13. The number of hydrogen-bond acceptors (Lipinski definition) is 4. The standard InChI is InChI=1S/C24H27N5O2/c1-17-10-11-21(18(2)13-17)24(31)29-12-6-9-20(29)15-28-16-22(26-27-28)23(30)25-14-19-7-4-3-5-8-19/h3-5,7-8,10-11,13,16,20H,6,9,12,14-15H2,1-2H3,(H,25,30). The number of nitrogens with one attached hydrogen (secondary N) is 1. The van der Waals surface area contributed by atoms with Gasteiger partial charge in [-0.05, 0) is 43.9 Å². The molecule has 1 N–H and O–H groups in total. The highest BCUT2D eigenvalue weighted by Gasteiger charge is 2.30. The van der Waals surface area contributed by atoms with Crippen molar-refractivity contribution in [2.75, 3.05) is 6.54 Å². The first-order valence-electron chi connectivity index (χ1n) is 10.6. The molecule has 1 fully saturated rings. The lowest BCUT2D eigenvalue weighted by molar-refractivity contribution is 0.0720. The van der Waals surface area contributed by atoms with Gasteiger partial charge < -0.3 is 10.2 Å². The van der Waals surface area contributed by atoms with Gasteiger partial charge in [-0.2, -0.15) is 0 Å². The Balaban J connectivity index is 1.39. The molecule has 1 aliphatic heterocycles. The number of aryl methyl sites for hydroxylation is 2. The summed E-state index contributed by atoms with van der Waals surface area (Å²) in [5.74, 6) is -0.203. The summed E-state index contributed by atoms with van der Waals surface area (Å²) in [5.41, 5.74) is 4.19. The monoisotopic (exact) mass is 417 g/mol. The molecule has 4 rings (SSSR count). The van der Waals surface area contributed by atoms with Crippen molar-refractivity contribution in [1.82, 2.24) is 25.2 Å². The number of rotatable bonds is 6. The average Bonchev–Trinajstić information content (AvgIpc) is 3.42. The molecule has 0 saturated carbocycles. The van der Waals surface area contributed by atoms with E-state index in [1.807, 2.05) is 67.3 Å². The van der Waals surface area contributed by atoms with E-state index in [2.05, 4.69) is 15.6 Å². The summed E-state index contributed by atoms with van der Waals surface area (Å²) in [4.78, 5) is 27.5. The third kappa shape index (κ3) is 4.82. The predicted molar refractivity (Wildman–Crippen MR) is 118 cm³/mol. The normalized spacial score (nSPS) is 15.8. The zero-order valence-corrected chi connectivity index (χ0v) is 17.9. The Kier molecular flexibility index (Phi) is 6.11. The largest absolute Gasteiger partial charge is 0.347 e. The van der Waals surface area contributed by atoms with Crippen LogP contribution in [-0.4, -0.2) is 44.3 Å². The van der Waals surface area contributed by atoms with Gasteiger partial charge in [-0.25, -0.2) is 4.68 Å². The van der Waals surface area contributed by atoms with E-state index in [9.17, 15) is 9.59 Å². The van der Waals surface area contributed by atoms with Gasteiger partial charge in [0.2, 0.25) is 0 Å². The molecule has 1 atom stereocenters. The molecule has 3 aromatic rings. The molecule has 0 radical (unpaired) electrons. The van der Waals surface area contributed by atoms with E-state index in [1.165, 1.54) is 0 Å². The van der Waals surface area contributed by atoms with Gasteiger partial charge in [-0.15, -0.1) is 5.10 Å². The van der Waals surface area contributed by atoms with Crippen molar-refractivity contribution in [2.24, 2.45) is 0 Å². The Bertz CT molecular complexity index is 1080. The van der Waals surface area contributed by atoms with Crippen LogP contribution in [0.3, 0.4) is 0 Å². The van der Waals surface area contributed by atoms with E-state index < -0.39 is 0 Å². The first kappa shape index (κ1) is 20.8. The zero-order chi connectivity index (χ0) is 21.8.